The minimum atomic E-state index is -0.114. The molecular weight excluding hydrogens is 270 g/mol. The summed E-state index contributed by atoms with van der Waals surface area (Å²) < 4.78 is 6.72. The molecule has 0 aliphatic heterocycles. The molecule has 0 aromatic heterocycles. The van der Waals surface area contributed by atoms with E-state index < -0.39 is 0 Å². The molecule has 0 radical (unpaired) electrons. The highest BCUT2D eigenvalue weighted by Crippen LogP contribution is 2.73. The largest absolute Gasteiger partial charge is 0.368 e. The van der Waals surface area contributed by atoms with Gasteiger partial charge in [-0.1, -0.05) is 51.1 Å². The Morgan fingerprint density at radius 1 is 1.14 bits per heavy atom. The van der Waals surface area contributed by atoms with Crippen LogP contribution in [0.4, 0.5) is 0 Å². The van der Waals surface area contributed by atoms with Gasteiger partial charge in [0.2, 0.25) is 0 Å². The van der Waals surface area contributed by atoms with E-state index in [0.717, 1.165) is 19.1 Å². The van der Waals surface area contributed by atoms with Gasteiger partial charge in [0.25, 0.3) is 0 Å². The van der Waals surface area contributed by atoms with Crippen molar-refractivity contribution in [3.8, 4) is 0 Å². The van der Waals surface area contributed by atoms with Crippen molar-refractivity contribution in [2.75, 3.05) is 27.2 Å². The molecule has 2 saturated carbocycles. The molecule has 122 valence electrons. The molecule has 0 N–H and O–H groups in total. The van der Waals surface area contributed by atoms with Crippen molar-refractivity contribution in [1.29, 1.82) is 0 Å². The normalized spacial score (nSPS) is 36.2. The lowest BCUT2D eigenvalue weighted by molar-refractivity contribution is -0.148. The smallest absolute Gasteiger partial charge is 0.0993 e. The van der Waals surface area contributed by atoms with Crippen LogP contribution >= 0.6 is 0 Å². The molecule has 0 saturated heterocycles. The zero-order valence-electron chi connectivity index (χ0n) is 14.9. The van der Waals surface area contributed by atoms with Gasteiger partial charge in [0.05, 0.1) is 12.2 Å². The number of likely N-dealkylation sites (N-methyl/N-ethyl adjacent to an activating group) is 1. The fourth-order valence-corrected chi connectivity index (χ4v) is 5.10. The van der Waals surface area contributed by atoms with Crippen molar-refractivity contribution in [1.82, 2.24) is 4.90 Å². The van der Waals surface area contributed by atoms with Gasteiger partial charge in [0.1, 0.15) is 0 Å². The highest BCUT2D eigenvalue weighted by atomic mass is 16.5. The van der Waals surface area contributed by atoms with Crippen LogP contribution in [0, 0.1) is 16.7 Å². The zero-order chi connectivity index (χ0) is 16.0. The van der Waals surface area contributed by atoms with Gasteiger partial charge >= 0.3 is 0 Å². The Bertz CT molecular complexity index is 524. The first kappa shape index (κ1) is 16.0. The van der Waals surface area contributed by atoms with Gasteiger partial charge in [0.15, 0.2) is 0 Å². The third kappa shape index (κ3) is 2.07. The number of ether oxygens (including phenoxy) is 1. The van der Waals surface area contributed by atoms with E-state index in [4.69, 9.17) is 4.74 Å². The summed E-state index contributed by atoms with van der Waals surface area (Å²) in [6.07, 6.45) is 3.81. The van der Waals surface area contributed by atoms with Gasteiger partial charge in [0, 0.05) is 12.0 Å². The predicted octanol–water partition coefficient (Wildman–Crippen LogP) is 4.31. The highest BCUT2D eigenvalue weighted by molar-refractivity contribution is 5.32. The summed E-state index contributed by atoms with van der Waals surface area (Å²) in [4.78, 5) is 2.21. The maximum absolute atomic E-state index is 6.72. The van der Waals surface area contributed by atoms with Crippen molar-refractivity contribution in [3.63, 3.8) is 0 Å². The summed E-state index contributed by atoms with van der Waals surface area (Å²) in [6, 6.07) is 11.0. The van der Waals surface area contributed by atoms with Crippen molar-refractivity contribution < 1.29 is 4.74 Å². The van der Waals surface area contributed by atoms with E-state index in [0.29, 0.717) is 5.41 Å². The molecule has 2 bridgehead atoms. The standard InChI is InChI=1S/C20H31NO/c1-18(2)17-11-12-19(18,3)20(15-17,22-14-13-21(4)5)16-9-7-6-8-10-16/h6-10,17H,11-15H2,1-5H3/t17-,19-,20-/m1/s1. The van der Waals surface area contributed by atoms with Crippen LogP contribution in [-0.4, -0.2) is 32.1 Å². The second-order valence-corrected chi connectivity index (χ2v) is 8.34. The number of nitrogens with zero attached hydrogens (tertiary/aromatic N) is 1. The van der Waals surface area contributed by atoms with E-state index in [1.54, 1.807) is 0 Å². The second-order valence-electron chi connectivity index (χ2n) is 8.34. The van der Waals surface area contributed by atoms with Gasteiger partial charge < -0.3 is 9.64 Å². The number of benzene rings is 1. The van der Waals surface area contributed by atoms with Gasteiger partial charge in [-0.15, -0.1) is 0 Å². The molecule has 2 fully saturated rings. The minimum absolute atomic E-state index is 0.114. The van der Waals surface area contributed by atoms with Gasteiger partial charge in [-0.2, -0.15) is 0 Å². The number of rotatable bonds is 5. The lowest BCUT2D eigenvalue weighted by Gasteiger charge is -2.49. The molecule has 3 rings (SSSR count). The molecule has 2 aliphatic carbocycles. The van der Waals surface area contributed by atoms with Gasteiger partial charge in [-0.3, -0.25) is 0 Å². The number of hydrogen-bond acceptors (Lipinski definition) is 2. The van der Waals surface area contributed by atoms with E-state index >= 15 is 0 Å². The summed E-state index contributed by atoms with van der Waals surface area (Å²) in [5.41, 5.74) is 1.84. The van der Waals surface area contributed by atoms with Crippen LogP contribution in [0.15, 0.2) is 30.3 Å². The van der Waals surface area contributed by atoms with Gasteiger partial charge in [-0.25, -0.2) is 0 Å². The molecule has 3 atom stereocenters. The maximum Gasteiger partial charge on any atom is 0.0993 e. The van der Waals surface area contributed by atoms with E-state index in [1.165, 1.54) is 24.8 Å². The van der Waals surface area contributed by atoms with Crippen LogP contribution in [0.2, 0.25) is 0 Å². The average Bonchev–Trinajstić information content (AvgIpc) is 2.80. The van der Waals surface area contributed by atoms with E-state index in [-0.39, 0.29) is 11.0 Å². The van der Waals surface area contributed by atoms with Crippen LogP contribution < -0.4 is 0 Å². The summed E-state index contributed by atoms with van der Waals surface area (Å²) in [5, 5.41) is 0. The lowest BCUT2D eigenvalue weighted by Crippen LogP contribution is -2.47. The summed E-state index contributed by atoms with van der Waals surface area (Å²) >= 11 is 0. The molecule has 0 amide bonds. The summed E-state index contributed by atoms with van der Waals surface area (Å²) in [6.45, 7) is 9.19. The third-order valence-electron chi connectivity index (χ3n) is 6.99. The Hall–Kier alpha value is -0.860. The molecule has 0 spiro atoms. The monoisotopic (exact) mass is 301 g/mol. The summed E-state index contributed by atoms with van der Waals surface area (Å²) in [5.74, 6) is 0.775. The van der Waals surface area contributed by atoms with Crippen LogP contribution in [0.5, 0.6) is 0 Å². The molecule has 2 heteroatoms. The first-order chi connectivity index (χ1) is 10.3. The third-order valence-corrected chi connectivity index (χ3v) is 6.99. The van der Waals surface area contributed by atoms with Crippen LogP contribution in [0.1, 0.15) is 45.6 Å². The lowest BCUT2D eigenvalue weighted by atomic mass is 9.62. The maximum atomic E-state index is 6.72. The molecule has 1 aromatic rings. The SMILES string of the molecule is CN(C)CCO[C@@]1(c2ccccc2)C[C@H]2CC[C@]1(C)C2(C)C. The molecule has 0 heterocycles. The fourth-order valence-electron chi connectivity index (χ4n) is 5.10. The molecule has 2 nitrogen and oxygen atoms in total. The predicted molar refractivity (Wildman–Crippen MR) is 91.9 cm³/mol. The Labute approximate surface area is 135 Å². The molecular formula is C20H31NO. The van der Waals surface area contributed by atoms with Crippen LogP contribution in [-0.2, 0) is 10.3 Å². The van der Waals surface area contributed by atoms with E-state index in [2.05, 4.69) is 70.1 Å². The minimum Gasteiger partial charge on any atom is -0.368 e. The van der Waals surface area contributed by atoms with Crippen molar-refractivity contribution in [3.05, 3.63) is 35.9 Å². The fraction of sp³-hybridized carbons (Fsp3) is 0.700. The molecule has 1 aromatic carbocycles. The zero-order valence-corrected chi connectivity index (χ0v) is 14.9. The Morgan fingerprint density at radius 2 is 1.82 bits per heavy atom. The molecule has 22 heavy (non-hydrogen) atoms. The topological polar surface area (TPSA) is 12.5 Å². The highest BCUT2D eigenvalue weighted by Gasteiger charge is 2.69. The second kappa shape index (κ2) is 5.35. The van der Waals surface area contributed by atoms with Crippen LogP contribution in [0.3, 0.4) is 0 Å². The number of hydrogen-bond donors (Lipinski definition) is 0. The number of fused-ring (bicyclic) bond motifs is 2. The molecule has 0 unspecified atom stereocenters. The molecule has 2 aliphatic rings. The first-order valence-corrected chi connectivity index (χ1v) is 8.68. The average molecular weight is 301 g/mol. The van der Waals surface area contributed by atoms with Gasteiger partial charge in [-0.05, 0) is 50.3 Å². The van der Waals surface area contributed by atoms with E-state index in [9.17, 15) is 0 Å². The Morgan fingerprint density at radius 3 is 2.32 bits per heavy atom. The van der Waals surface area contributed by atoms with Crippen molar-refractivity contribution in [2.45, 2.75) is 45.6 Å². The van der Waals surface area contributed by atoms with Crippen molar-refractivity contribution >= 4 is 0 Å². The Balaban J connectivity index is 1.99. The van der Waals surface area contributed by atoms with E-state index in [1.807, 2.05) is 0 Å². The van der Waals surface area contributed by atoms with Crippen molar-refractivity contribution in [2.24, 2.45) is 16.7 Å². The summed E-state index contributed by atoms with van der Waals surface area (Å²) in [7, 11) is 4.23. The van der Waals surface area contributed by atoms with Crippen LogP contribution in [0.25, 0.3) is 0 Å². The first-order valence-electron chi connectivity index (χ1n) is 8.68. The quantitative estimate of drug-likeness (QED) is 0.803. The Kier molecular flexibility index (Phi) is 3.89.